The second-order valence-electron chi connectivity index (χ2n) is 4.64. The molecule has 0 bridgehead atoms. The Hall–Kier alpha value is -0.840. The quantitative estimate of drug-likeness (QED) is 0.847. The van der Waals surface area contributed by atoms with Crippen molar-refractivity contribution in [3.8, 4) is 0 Å². The molecule has 0 radical (unpaired) electrons. The van der Waals surface area contributed by atoms with E-state index in [1.54, 1.807) is 0 Å². The van der Waals surface area contributed by atoms with Crippen LogP contribution in [0.3, 0.4) is 0 Å². The summed E-state index contributed by atoms with van der Waals surface area (Å²) in [5.74, 6) is 0. The Kier molecular flexibility index (Phi) is 5.43. The van der Waals surface area contributed by atoms with Crippen LogP contribution < -0.4 is 5.32 Å². The number of hydrogen-bond acceptors (Lipinski definition) is 3. The average Bonchev–Trinajstić information content (AvgIpc) is 2.83. The summed E-state index contributed by atoms with van der Waals surface area (Å²) in [7, 11) is 4.12. The molecule has 0 saturated heterocycles. The second-order valence-corrected chi connectivity index (χ2v) is 7.19. The summed E-state index contributed by atoms with van der Waals surface area (Å²) in [6.45, 7) is 2.08. The first-order valence-corrected chi connectivity index (χ1v) is 7.98. The second kappa shape index (κ2) is 7.08. The summed E-state index contributed by atoms with van der Waals surface area (Å²) < 4.78 is 1.22. The first-order valence-electron chi connectivity index (χ1n) is 6.37. The van der Waals surface area contributed by atoms with Gasteiger partial charge in [-0.05, 0) is 59.2 Å². The molecule has 0 aliphatic carbocycles. The Bertz CT molecular complexity index is 507. The lowest BCUT2D eigenvalue weighted by Gasteiger charge is -2.16. The van der Waals surface area contributed by atoms with E-state index in [-0.39, 0.29) is 0 Å². The van der Waals surface area contributed by atoms with Crippen molar-refractivity contribution in [2.45, 2.75) is 13.0 Å². The highest BCUT2D eigenvalue weighted by Crippen LogP contribution is 2.22. The number of benzene rings is 1. The van der Waals surface area contributed by atoms with Crippen molar-refractivity contribution in [2.75, 3.05) is 26.0 Å². The van der Waals surface area contributed by atoms with E-state index in [9.17, 15) is 0 Å². The van der Waals surface area contributed by atoms with Crippen LogP contribution in [0.15, 0.2) is 40.2 Å². The van der Waals surface area contributed by atoms with Crippen LogP contribution in [-0.2, 0) is 13.0 Å². The van der Waals surface area contributed by atoms with Crippen molar-refractivity contribution in [3.05, 3.63) is 50.6 Å². The van der Waals surface area contributed by atoms with Gasteiger partial charge in [0.15, 0.2) is 0 Å². The summed E-state index contributed by atoms with van der Waals surface area (Å²) in [6.07, 6.45) is 1.11. The Morgan fingerprint density at radius 3 is 2.47 bits per heavy atom. The number of likely N-dealkylation sites (N-methyl/N-ethyl adjacent to an activating group) is 1. The number of nitrogens with one attached hydrogen (secondary N) is 1. The molecule has 2 rings (SSSR count). The van der Waals surface area contributed by atoms with Crippen LogP contribution in [0.5, 0.6) is 0 Å². The van der Waals surface area contributed by atoms with E-state index in [2.05, 4.69) is 69.6 Å². The summed E-state index contributed by atoms with van der Waals surface area (Å²) in [4.78, 5) is 3.80. The molecule has 1 N–H and O–H groups in total. The van der Waals surface area contributed by atoms with Gasteiger partial charge in [0.05, 0.1) is 3.79 Å². The standard InChI is InChI=1S/C15H19BrN2S/c1-17-13-5-3-12(4-6-13)11-18(2)10-9-14-7-8-15(16)19-14/h3-8,17H,9-11H2,1-2H3. The van der Waals surface area contributed by atoms with Crippen LogP contribution in [0.2, 0.25) is 0 Å². The van der Waals surface area contributed by atoms with Crippen LogP contribution in [-0.4, -0.2) is 25.5 Å². The third-order valence-corrected chi connectivity index (χ3v) is 4.75. The third kappa shape index (κ3) is 4.64. The van der Waals surface area contributed by atoms with E-state index >= 15 is 0 Å². The van der Waals surface area contributed by atoms with Crippen LogP contribution in [0.4, 0.5) is 5.69 Å². The Morgan fingerprint density at radius 1 is 1.16 bits per heavy atom. The molecule has 4 heteroatoms. The van der Waals surface area contributed by atoms with Crippen molar-refractivity contribution >= 4 is 33.0 Å². The molecule has 0 amide bonds. The smallest absolute Gasteiger partial charge is 0.0701 e. The van der Waals surface area contributed by atoms with Crippen molar-refractivity contribution in [3.63, 3.8) is 0 Å². The van der Waals surface area contributed by atoms with E-state index < -0.39 is 0 Å². The van der Waals surface area contributed by atoms with Crippen LogP contribution in [0, 0.1) is 0 Å². The van der Waals surface area contributed by atoms with Crippen molar-refractivity contribution in [2.24, 2.45) is 0 Å². The Balaban J connectivity index is 1.81. The first kappa shape index (κ1) is 14.6. The number of thiophene rings is 1. The van der Waals surface area contributed by atoms with E-state index in [0.29, 0.717) is 0 Å². The van der Waals surface area contributed by atoms with Crippen LogP contribution >= 0.6 is 27.3 Å². The number of halogens is 1. The molecule has 2 aromatic rings. The van der Waals surface area contributed by atoms with Gasteiger partial charge in [-0.2, -0.15) is 0 Å². The highest BCUT2D eigenvalue weighted by molar-refractivity contribution is 9.11. The SMILES string of the molecule is CNc1ccc(CN(C)CCc2ccc(Br)s2)cc1. The van der Waals surface area contributed by atoms with Gasteiger partial charge in [0.2, 0.25) is 0 Å². The highest BCUT2D eigenvalue weighted by Gasteiger charge is 2.03. The molecule has 102 valence electrons. The average molecular weight is 339 g/mol. The largest absolute Gasteiger partial charge is 0.388 e. The number of nitrogens with zero attached hydrogens (tertiary/aromatic N) is 1. The summed E-state index contributed by atoms with van der Waals surface area (Å²) in [6, 6.07) is 12.9. The minimum atomic E-state index is 0.997. The fourth-order valence-corrected chi connectivity index (χ4v) is 3.43. The molecule has 0 aliphatic rings. The van der Waals surface area contributed by atoms with Crippen LogP contribution in [0.25, 0.3) is 0 Å². The fraction of sp³-hybridized carbons (Fsp3) is 0.333. The van der Waals surface area contributed by atoms with Gasteiger partial charge in [-0.15, -0.1) is 11.3 Å². The maximum atomic E-state index is 3.51. The molecular formula is C15H19BrN2S. The molecule has 0 spiro atoms. The van der Waals surface area contributed by atoms with E-state index in [4.69, 9.17) is 0 Å². The lowest BCUT2D eigenvalue weighted by molar-refractivity contribution is 0.332. The maximum Gasteiger partial charge on any atom is 0.0701 e. The van der Waals surface area contributed by atoms with Gasteiger partial charge in [0.25, 0.3) is 0 Å². The zero-order valence-corrected chi connectivity index (χ0v) is 13.7. The highest BCUT2D eigenvalue weighted by atomic mass is 79.9. The summed E-state index contributed by atoms with van der Waals surface area (Å²) in [5.41, 5.74) is 2.52. The molecule has 0 saturated carbocycles. The molecule has 2 nitrogen and oxygen atoms in total. The van der Waals surface area contributed by atoms with E-state index in [1.165, 1.54) is 14.2 Å². The molecule has 0 fully saturated rings. The molecule has 1 heterocycles. The zero-order chi connectivity index (χ0) is 13.7. The molecule has 1 aromatic carbocycles. The van der Waals surface area contributed by atoms with Gasteiger partial charge in [0.1, 0.15) is 0 Å². The van der Waals surface area contributed by atoms with Gasteiger partial charge < -0.3 is 10.2 Å². The fourth-order valence-electron chi connectivity index (χ4n) is 1.95. The summed E-state index contributed by atoms with van der Waals surface area (Å²) in [5, 5.41) is 3.14. The Labute approximate surface area is 127 Å². The first-order chi connectivity index (χ1) is 9.17. The predicted octanol–water partition coefficient (Wildman–Crippen LogP) is 4.23. The summed E-state index contributed by atoms with van der Waals surface area (Å²) >= 11 is 5.33. The van der Waals surface area contributed by atoms with E-state index in [0.717, 1.165) is 25.2 Å². The third-order valence-electron chi connectivity index (χ3n) is 3.06. The van der Waals surface area contributed by atoms with E-state index in [1.807, 2.05) is 18.4 Å². The van der Waals surface area contributed by atoms with Gasteiger partial charge in [0, 0.05) is 30.7 Å². The topological polar surface area (TPSA) is 15.3 Å². The Morgan fingerprint density at radius 2 is 1.89 bits per heavy atom. The lowest BCUT2D eigenvalue weighted by Crippen LogP contribution is -2.20. The molecule has 19 heavy (non-hydrogen) atoms. The van der Waals surface area contributed by atoms with Gasteiger partial charge >= 0.3 is 0 Å². The minimum absolute atomic E-state index is 0.997. The molecule has 0 aliphatic heterocycles. The number of hydrogen-bond donors (Lipinski definition) is 1. The number of rotatable bonds is 6. The van der Waals surface area contributed by atoms with Crippen molar-refractivity contribution in [1.29, 1.82) is 0 Å². The van der Waals surface area contributed by atoms with Crippen molar-refractivity contribution < 1.29 is 0 Å². The maximum absolute atomic E-state index is 3.51. The molecule has 1 aromatic heterocycles. The van der Waals surface area contributed by atoms with Gasteiger partial charge in [-0.1, -0.05) is 12.1 Å². The monoisotopic (exact) mass is 338 g/mol. The zero-order valence-electron chi connectivity index (χ0n) is 11.3. The minimum Gasteiger partial charge on any atom is -0.388 e. The molecule has 0 atom stereocenters. The lowest BCUT2D eigenvalue weighted by atomic mass is 10.2. The molecule has 0 unspecified atom stereocenters. The van der Waals surface area contributed by atoms with Crippen LogP contribution in [0.1, 0.15) is 10.4 Å². The van der Waals surface area contributed by atoms with Gasteiger partial charge in [-0.3, -0.25) is 0 Å². The number of anilines is 1. The predicted molar refractivity (Wildman–Crippen MR) is 88.0 cm³/mol. The normalized spacial score (nSPS) is 10.9. The molecular weight excluding hydrogens is 320 g/mol. The van der Waals surface area contributed by atoms with Crippen molar-refractivity contribution in [1.82, 2.24) is 4.90 Å². The van der Waals surface area contributed by atoms with Gasteiger partial charge in [-0.25, -0.2) is 0 Å².